The van der Waals surface area contributed by atoms with Crippen LogP contribution in [0.5, 0.6) is 0 Å². The molecule has 6 heteroatoms. The number of carbonyl (C=O) groups is 1. The van der Waals surface area contributed by atoms with Gasteiger partial charge in [-0.1, -0.05) is 30.3 Å². The standard InChI is InChI=1S/C16H14FNO3S/c17-13-8-6-12(7-9-13)16(10-11-16)15(19)18-22(20,21)14-4-2-1-3-5-14/h1-9H,10-11H2,(H,18,19). The van der Waals surface area contributed by atoms with E-state index in [1.165, 1.54) is 36.4 Å². The normalized spacial score (nSPS) is 16.0. The molecule has 0 unspecified atom stereocenters. The Morgan fingerprint density at radius 3 is 2.14 bits per heavy atom. The van der Waals surface area contributed by atoms with E-state index in [0.29, 0.717) is 18.4 Å². The molecule has 0 aromatic heterocycles. The van der Waals surface area contributed by atoms with E-state index in [0.717, 1.165) is 0 Å². The number of sulfonamides is 1. The highest BCUT2D eigenvalue weighted by Gasteiger charge is 2.52. The molecule has 22 heavy (non-hydrogen) atoms. The monoisotopic (exact) mass is 319 g/mol. The second kappa shape index (κ2) is 5.21. The van der Waals surface area contributed by atoms with Crippen LogP contribution in [0.4, 0.5) is 4.39 Å². The van der Waals surface area contributed by atoms with Gasteiger partial charge in [-0.05, 0) is 42.7 Å². The molecule has 2 aromatic rings. The first-order valence-corrected chi connectivity index (χ1v) is 8.31. The molecule has 3 rings (SSSR count). The smallest absolute Gasteiger partial charge is 0.264 e. The van der Waals surface area contributed by atoms with Gasteiger partial charge < -0.3 is 0 Å². The van der Waals surface area contributed by atoms with Crippen LogP contribution in [0.3, 0.4) is 0 Å². The van der Waals surface area contributed by atoms with Gasteiger partial charge in [-0.2, -0.15) is 0 Å². The zero-order chi connectivity index (χ0) is 15.8. The molecule has 2 aromatic carbocycles. The lowest BCUT2D eigenvalue weighted by atomic mass is 9.95. The highest BCUT2D eigenvalue weighted by atomic mass is 32.2. The first-order chi connectivity index (χ1) is 10.4. The largest absolute Gasteiger partial charge is 0.273 e. The first-order valence-electron chi connectivity index (χ1n) is 6.82. The summed E-state index contributed by atoms with van der Waals surface area (Å²) >= 11 is 0. The molecule has 0 saturated heterocycles. The molecule has 0 heterocycles. The van der Waals surface area contributed by atoms with Gasteiger partial charge in [-0.15, -0.1) is 0 Å². The van der Waals surface area contributed by atoms with E-state index >= 15 is 0 Å². The fraction of sp³-hybridized carbons (Fsp3) is 0.188. The van der Waals surface area contributed by atoms with E-state index in [1.807, 2.05) is 0 Å². The Kier molecular flexibility index (Phi) is 3.48. The Morgan fingerprint density at radius 1 is 1.00 bits per heavy atom. The SMILES string of the molecule is O=C(NS(=O)(=O)c1ccccc1)C1(c2ccc(F)cc2)CC1. The van der Waals surface area contributed by atoms with Crippen molar-refractivity contribution in [2.45, 2.75) is 23.2 Å². The van der Waals surface area contributed by atoms with E-state index in [1.54, 1.807) is 18.2 Å². The third kappa shape index (κ3) is 2.62. The van der Waals surface area contributed by atoms with E-state index in [-0.39, 0.29) is 4.90 Å². The van der Waals surface area contributed by atoms with Crippen LogP contribution in [-0.2, 0) is 20.2 Å². The van der Waals surface area contributed by atoms with Gasteiger partial charge in [-0.3, -0.25) is 4.79 Å². The number of hydrogen-bond donors (Lipinski definition) is 1. The number of halogens is 1. The molecule has 1 saturated carbocycles. The molecule has 1 fully saturated rings. The van der Waals surface area contributed by atoms with E-state index < -0.39 is 27.2 Å². The van der Waals surface area contributed by atoms with Gasteiger partial charge in [0.1, 0.15) is 5.82 Å². The van der Waals surface area contributed by atoms with E-state index in [4.69, 9.17) is 0 Å². The van der Waals surface area contributed by atoms with Gasteiger partial charge in [0.05, 0.1) is 10.3 Å². The van der Waals surface area contributed by atoms with Crippen molar-refractivity contribution in [2.75, 3.05) is 0 Å². The lowest BCUT2D eigenvalue weighted by Gasteiger charge is -2.16. The van der Waals surface area contributed by atoms with Crippen LogP contribution in [0.1, 0.15) is 18.4 Å². The number of benzene rings is 2. The summed E-state index contributed by atoms with van der Waals surface area (Å²) in [4.78, 5) is 12.5. The summed E-state index contributed by atoms with van der Waals surface area (Å²) in [6.07, 6.45) is 1.10. The molecule has 1 N–H and O–H groups in total. The number of amides is 1. The van der Waals surface area contributed by atoms with Crippen LogP contribution >= 0.6 is 0 Å². The molecule has 0 atom stereocenters. The zero-order valence-corrected chi connectivity index (χ0v) is 12.4. The van der Waals surface area contributed by atoms with Crippen molar-refractivity contribution >= 4 is 15.9 Å². The second-order valence-corrected chi connectivity index (χ2v) is 7.02. The van der Waals surface area contributed by atoms with Crippen molar-refractivity contribution < 1.29 is 17.6 Å². The number of nitrogens with one attached hydrogen (secondary N) is 1. The Hall–Kier alpha value is -2.21. The molecule has 4 nitrogen and oxygen atoms in total. The predicted molar refractivity (Wildman–Crippen MR) is 79.1 cm³/mol. The lowest BCUT2D eigenvalue weighted by Crippen LogP contribution is -2.38. The molecule has 0 spiro atoms. The second-order valence-electron chi connectivity index (χ2n) is 5.34. The maximum atomic E-state index is 13.0. The summed E-state index contributed by atoms with van der Waals surface area (Å²) in [5.74, 6) is -0.958. The Labute approximate surface area is 128 Å². The van der Waals surface area contributed by atoms with Crippen LogP contribution < -0.4 is 4.72 Å². The van der Waals surface area contributed by atoms with Crippen LogP contribution in [-0.4, -0.2) is 14.3 Å². The van der Waals surface area contributed by atoms with Crippen molar-refractivity contribution in [1.82, 2.24) is 4.72 Å². The summed E-state index contributed by atoms with van der Waals surface area (Å²) in [5.41, 5.74) is -0.232. The number of hydrogen-bond acceptors (Lipinski definition) is 3. The lowest BCUT2D eigenvalue weighted by molar-refractivity contribution is -0.121. The van der Waals surface area contributed by atoms with Crippen LogP contribution in [0.15, 0.2) is 59.5 Å². The van der Waals surface area contributed by atoms with Crippen molar-refractivity contribution in [1.29, 1.82) is 0 Å². The maximum Gasteiger partial charge on any atom is 0.264 e. The number of carbonyl (C=O) groups excluding carboxylic acids is 1. The molecule has 0 bridgehead atoms. The minimum Gasteiger partial charge on any atom is -0.273 e. The Bertz CT molecular complexity index is 797. The average Bonchev–Trinajstić information content (AvgIpc) is 3.30. The first kappa shape index (κ1) is 14.7. The molecule has 0 aliphatic heterocycles. The summed E-state index contributed by atoms with van der Waals surface area (Å²) in [6.45, 7) is 0. The molecule has 1 aliphatic rings. The van der Waals surface area contributed by atoms with Gasteiger partial charge in [0, 0.05) is 0 Å². The Balaban J connectivity index is 1.84. The van der Waals surface area contributed by atoms with Gasteiger partial charge in [0.25, 0.3) is 10.0 Å². The quantitative estimate of drug-likeness (QED) is 0.941. The topological polar surface area (TPSA) is 63.2 Å². The van der Waals surface area contributed by atoms with E-state index in [2.05, 4.69) is 4.72 Å². The Morgan fingerprint density at radius 2 is 1.59 bits per heavy atom. The molecule has 1 amide bonds. The highest BCUT2D eigenvalue weighted by molar-refractivity contribution is 7.90. The fourth-order valence-electron chi connectivity index (χ4n) is 2.42. The predicted octanol–water partition coefficient (Wildman–Crippen LogP) is 2.36. The van der Waals surface area contributed by atoms with E-state index in [9.17, 15) is 17.6 Å². The molecular formula is C16H14FNO3S. The number of rotatable bonds is 4. The summed E-state index contributed by atoms with van der Waals surface area (Å²) < 4.78 is 39.5. The minimum atomic E-state index is -3.89. The molecule has 1 aliphatic carbocycles. The van der Waals surface area contributed by atoms with Gasteiger partial charge in [-0.25, -0.2) is 17.5 Å². The molecule has 114 valence electrons. The zero-order valence-electron chi connectivity index (χ0n) is 11.6. The maximum absolute atomic E-state index is 13.0. The fourth-order valence-corrected chi connectivity index (χ4v) is 3.49. The highest BCUT2D eigenvalue weighted by Crippen LogP contribution is 2.48. The average molecular weight is 319 g/mol. The van der Waals surface area contributed by atoms with Gasteiger partial charge >= 0.3 is 0 Å². The summed E-state index contributed by atoms with van der Waals surface area (Å²) in [6, 6.07) is 13.3. The van der Waals surface area contributed by atoms with Crippen LogP contribution in [0.25, 0.3) is 0 Å². The van der Waals surface area contributed by atoms with Crippen LogP contribution in [0, 0.1) is 5.82 Å². The summed E-state index contributed by atoms with van der Waals surface area (Å²) in [7, 11) is -3.89. The van der Waals surface area contributed by atoms with Crippen molar-refractivity contribution in [3.05, 3.63) is 66.0 Å². The molecular weight excluding hydrogens is 305 g/mol. The third-order valence-electron chi connectivity index (χ3n) is 3.86. The van der Waals surface area contributed by atoms with Gasteiger partial charge in [0.15, 0.2) is 0 Å². The summed E-state index contributed by atoms with van der Waals surface area (Å²) in [5, 5.41) is 0. The third-order valence-corrected chi connectivity index (χ3v) is 5.21. The van der Waals surface area contributed by atoms with Gasteiger partial charge in [0.2, 0.25) is 5.91 Å². The van der Waals surface area contributed by atoms with Crippen molar-refractivity contribution in [3.63, 3.8) is 0 Å². The van der Waals surface area contributed by atoms with Crippen molar-refractivity contribution in [2.24, 2.45) is 0 Å². The van der Waals surface area contributed by atoms with Crippen molar-refractivity contribution in [3.8, 4) is 0 Å². The molecule has 0 radical (unpaired) electrons. The van der Waals surface area contributed by atoms with Crippen LogP contribution in [0.2, 0.25) is 0 Å². The minimum absolute atomic E-state index is 0.0401.